The van der Waals surface area contributed by atoms with E-state index in [-0.39, 0.29) is 30.2 Å². The number of carbonyl (C=O) groups excluding carboxylic acids is 2. The van der Waals surface area contributed by atoms with Gasteiger partial charge in [0.1, 0.15) is 0 Å². The maximum atomic E-state index is 12.0. The molecular formula is C12H13NO2. The summed E-state index contributed by atoms with van der Waals surface area (Å²) in [5.41, 5.74) is 0. The molecule has 3 aliphatic rings. The van der Waals surface area contributed by atoms with E-state index in [0.717, 1.165) is 19.3 Å². The summed E-state index contributed by atoms with van der Waals surface area (Å²) in [5, 5.41) is 0. The summed E-state index contributed by atoms with van der Waals surface area (Å²) in [7, 11) is 0. The van der Waals surface area contributed by atoms with Crippen molar-refractivity contribution in [3.05, 3.63) is 0 Å². The maximum absolute atomic E-state index is 12.0. The van der Waals surface area contributed by atoms with Crippen LogP contribution < -0.4 is 0 Å². The van der Waals surface area contributed by atoms with Gasteiger partial charge in [0, 0.05) is 0 Å². The van der Waals surface area contributed by atoms with Crippen LogP contribution in [0.5, 0.6) is 0 Å². The standard InChI is InChI=1S/C12H13NO2/c1-2-5-13-11(14)9-7-3-4-8(6-7)10(9)12(13)15/h1,7-10H,3-6H2/t7-,8+,9-,10+. The highest BCUT2D eigenvalue weighted by Gasteiger charge is 2.60. The highest BCUT2D eigenvalue weighted by Crippen LogP contribution is 2.55. The lowest BCUT2D eigenvalue weighted by Gasteiger charge is -2.19. The zero-order valence-electron chi connectivity index (χ0n) is 8.48. The second-order valence-corrected chi connectivity index (χ2v) is 4.85. The third-order valence-corrected chi connectivity index (χ3v) is 4.27. The zero-order valence-corrected chi connectivity index (χ0v) is 8.48. The molecule has 0 unspecified atom stereocenters. The van der Waals surface area contributed by atoms with E-state index >= 15 is 0 Å². The number of amides is 2. The van der Waals surface area contributed by atoms with Crippen LogP contribution in [-0.2, 0) is 9.59 Å². The Labute approximate surface area is 88.8 Å². The Morgan fingerprint density at radius 3 is 2.20 bits per heavy atom. The van der Waals surface area contributed by atoms with Crippen LogP contribution >= 0.6 is 0 Å². The number of nitrogens with zero attached hydrogens (tertiary/aromatic N) is 1. The molecule has 15 heavy (non-hydrogen) atoms. The van der Waals surface area contributed by atoms with E-state index in [4.69, 9.17) is 6.42 Å². The number of rotatable bonds is 1. The first-order chi connectivity index (χ1) is 7.24. The van der Waals surface area contributed by atoms with Gasteiger partial charge in [0.2, 0.25) is 11.8 Å². The molecule has 4 atom stereocenters. The molecular weight excluding hydrogens is 190 g/mol. The van der Waals surface area contributed by atoms with Gasteiger partial charge in [0.15, 0.2) is 0 Å². The summed E-state index contributed by atoms with van der Waals surface area (Å²) in [4.78, 5) is 25.3. The normalized spacial score (nSPS) is 42.2. The Balaban J connectivity index is 1.94. The lowest BCUT2D eigenvalue weighted by molar-refractivity contribution is -0.139. The minimum absolute atomic E-state index is 0.00449. The maximum Gasteiger partial charge on any atom is 0.234 e. The molecule has 3 rings (SSSR count). The second kappa shape index (κ2) is 2.85. The van der Waals surface area contributed by atoms with Crippen LogP contribution in [0.25, 0.3) is 0 Å². The largest absolute Gasteiger partial charge is 0.274 e. The van der Waals surface area contributed by atoms with Crippen LogP contribution in [0.15, 0.2) is 0 Å². The van der Waals surface area contributed by atoms with E-state index in [0.29, 0.717) is 11.8 Å². The monoisotopic (exact) mass is 203 g/mol. The lowest BCUT2D eigenvalue weighted by atomic mass is 9.81. The SMILES string of the molecule is C#CCN1C(=O)[C@@H]2[C@@H]3CC[C@@H](C3)[C@@H]2C1=O. The number of fused-ring (bicyclic) bond motifs is 5. The molecule has 0 spiro atoms. The van der Waals surface area contributed by atoms with Gasteiger partial charge >= 0.3 is 0 Å². The van der Waals surface area contributed by atoms with Crippen molar-refractivity contribution in [2.45, 2.75) is 19.3 Å². The van der Waals surface area contributed by atoms with E-state index in [2.05, 4.69) is 5.92 Å². The van der Waals surface area contributed by atoms with Crippen molar-refractivity contribution < 1.29 is 9.59 Å². The lowest BCUT2D eigenvalue weighted by Crippen LogP contribution is -2.33. The predicted molar refractivity (Wildman–Crippen MR) is 53.4 cm³/mol. The van der Waals surface area contributed by atoms with E-state index in [9.17, 15) is 9.59 Å². The van der Waals surface area contributed by atoms with Crippen molar-refractivity contribution in [1.82, 2.24) is 4.90 Å². The Morgan fingerprint density at radius 2 is 1.73 bits per heavy atom. The van der Waals surface area contributed by atoms with Crippen molar-refractivity contribution in [3.8, 4) is 12.3 Å². The third kappa shape index (κ3) is 0.971. The van der Waals surface area contributed by atoms with Crippen molar-refractivity contribution in [3.63, 3.8) is 0 Å². The smallest absolute Gasteiger partial charge is 0.234 e. The van der Waals surface area contributed by atoms with Crippen LogP contribution in [0.3, 0.4) is 0 Å². The minimum Gasteiger partial charge on any atom is -0.274 e. The highest BCUT2D eigenvalue weighted by atomic mass is 16.2. The average Bonchev–Trinajstić information content (AvgIpc) is 2.87. The van der Waals surface area contributed by atoms with Crippen molar-refractivity contribution in [1.29, 1.82) is 0 Å². The van der Waals surface area contributed by atoms with Crippen LogP contribution in [0, 0.1) is 36.0 Å². The van der Waals surface area contributed by atoms with Crippen LogP contribution in [0.2, 0.25) is 0 Å². The fourth-order valence-corrected chi connectivity index (χ4v) is 3.72. The molecule has 2 amide bonds. The Bertz CT molecular complexity index is 354. The number of imide groups is 1. The average molecular weight is 203 g/mol. The molecule has 2 aliphatic carbocycles. The summed E-state index contributed by atoms with van der Waals surface area (Å²) in [6.07, 6.45) is 8.49. The summed E-state index contributed by atoms with van der Waals surface area (Å²) in [6, 6.07) is 0. The van der Waals surface area contributed by atoms with Crippen molar-refractivity contribution in [2.24, 2.45) is 23.7 Å². The Kier molecular flexibility index (Phi) is 1.70. The van der Waals surface area contributed by atoms with E-state index in [1.807, 2.05) is 0 Å². The number of carbonyl (C=O) groups is 2. The van der Waals surface area contributed by atoms with Gasteiger partial charge in [-0.15, -0.1) is 6.42 Å². The second-order valence-electron chi connectivity index (χ2n) is 4.85. The molecule has 0 aromatic rings. The zero-order chi connectivity index (χ0) is 10.6. The van der Waals surface area contributed by atoms with Crippen LogP contribution in [-0.4, -0.2) is 23.3 Å². The number of likely N-dealkylation sites (tertiary alicyclic amines) is 1. The first-order valence-electron chi connectivity index (χ1n) is 5.52. The molecule has 0 N–H and O–H groups in total. The Morgan fingerprint density at radius 1 is 1.20 bits per heavy atom. The first-order valence-corrected chi connectivity index (χ1v) is 5.52. The van der Waals surface area contributed by atoms with Crippen molar-refractivity contribution >= 4 is 11.8 Å². The molecule has 3 fully saturated rings. The first kappa shape index (κ1) is 8.96. The molecule has 1 aliphatic heterocycles. The number of terminal acetylenes is 1. The van der Waals surface area contributed by atoms with Gasteiger partial charge in [-0.05, 0) is 31.1 Å². The molecule has 0 aromatic carbocycles. The summed E-state index contributed by atoms with van der Waals surface area (Å²) >= 11 is 0. The molecule has 3 nitrogen and oxygen atoms in total. The van der Waals surface area contributed by atoms with Gasteiger partial charge in [-0.1, -0.05) is 5.92 Å². The predicted octanol–water partition coefficient (Wildman–Crippen LogP) is 0.651. The van der Waals surface area contributed by atoms with Crippen LogP contribution in [0.1, 0.15) is 19.3 Å². The quantitative estimate of drug-likeness (QED) is 0.463. The molecule has 78 valence electrons. The van der Waals surface area contributed by atoms with Gasteiger partial charge in [-0.3, -0.25) is 14.5 Å². The van der Waals surface area contributed by atoms with E-state index in [1.165, 1.54) is 4.90 Å². The number of hydrogen-bond donors (Lipinski definition) is 0. The van der Waals surface area contributed by atoms with Gasteiger partial charge in [0.25, 0.3) is 0 Å². The van der Waals surface area contributed by atoms with E-state index < -0.39 is 0 Å². The van der Waals surface area contributed by atoms with Gasteiger partial charge in [-0.25, -0.2) is 0 Å². The third-order valence-electron chi connectivity index (χ3n) is 4.27. The summed E-state index contributed by atoms with van der Waals surface area (Å²) < 4.78 is 0. The summed E-state index contributed by atoms with van der Waals surface area (Å²) in [6.45, 7) is 0.157. The fourth-order valence-electron chi connectivity index (χ4n) is 3.72. The molecule has 1 heterocycles. The topological polar surface area (TPSA) is 37.4 Å². The van der Waals surface area contributed by atoms with Gasteiger partial charge in [0.05, 0.1) is 18.4 Å². The van der Waals surface area contributed by atoms with Crippen LogP contribution in [0.4, 0.5) is 0 Å². The molecule has 3 heteroatoms. The molecule has 0 aromatic heterocycles. The number of hydrogen-bond acceptors (Lipinski definition) is 2. The molecule has 2 bridgehead atoms. The molecule has 2 saturated carbocycles. The Hall–Kier alpha value is -1.30. The van der Waals surface area contributed by atoms with Crippen molar-refractivity contribution in [2.75, 3.05) is 6.54 Å². The minimum atomic E-state index is -0.0235. The van der Waals surface area contributed by atoms with Gasteiger partial charge < -0.3 is 0 Å². The van der Waals surface area contributed by atoms with E-state index in [1.54, 1.807) is 0 Å². The highest BCUT2D eigenvalue weighted by molar-refractivity contribution is 6.06. The fraction of sp³-hybridized carbons (Fsp3) is 0.667. The summed E-state index contributed by atoms with van der Waals surface area (Å²) in [5.74, 6) is 3.25. The molecule has 0 radical (unpaired) electrons. The molecule has 1 saturated heterocycles. The van der Waals surface area contributed by atoms with Gasteiger partial charge in [-0.2, -0.15) is 0 Å².